The van der Waals surface area contributed by atoms with Gasteiger partial charge in [-0.15, -0.1) is 0 Å². The molecule has 1 atom stereocenters. The number of benzene rings is 2. The maximum atomic E-state index is 12.8. The monoisotopic (exact) mass is 401 g/mol. The zero-order valence-electron chi connectivity index (χ0n) is 16.2. The predicted octanol–water partition coefficient (Wildman–Crippen LogP) is 4.02. The van der Waals surface area contributed by atoms with Crippen molar-refractivity contribution in [2.75, 3.05) is 13.7 Å². The smallest absolute Gasteiger partial charge is 0.240 e. The van der Waals surface area contributed by atoms with Crippen LogP contribution in [0.5, 0.6) is 11.5 Å². The van der Waals surface area contributed by atoms with Crippen molar-refractivity contribution in [3.8, 4) is 11.5 Å². The van der Waals surface area contributed by atoms with Crippen LogP contribution in [0.15, 0.2) is 47.4 Å². The van der Waals surface area contributed by atoms with E-state index in [0.29, 0.717) is 23.8 Å². The van der Waals surface area contributed by atoms with E-state index in [9.17, 15) is 8.42 Å². The lowest BCUT2D eigenvalue weighted by atomic mass is 9.84. The lowest BCUT2D eigenvalue weighted by molar-refractivity contribution is 0.253. The van der Waals surface area contributed by atoms with Crippen LogP contribution in [0.4, 0.5) is 0 Å². The molecule has 28 heavy (non-hydrogen) atoms. The van der Waals surface area contributed by atoms with Crippen LogP contribution in [0.1, 0.15) is 49.1 Å². The molecule has 5 nitrogen and oxygen atoms in total. The first kappa shape index (κ1) is 19.3. The van der Waals surface area contributed by atoms with Crippen LogP contribution < -0.4 is 14.2 Å². The number of sulfonamides is 1. The Bertz CT molecular complexity index is 918. The zero-order valence-corrected chi connectivity index (χ0v) is 17.0. The molecular weight excluding hydrogens is 374 g/mol. The Morgan fingerprint density at radius 2 is 1.79 bits per heavy atom. The van der Waals surface area contributed by atoms with Crippen molar-refractivity contribution in [2.45, 2.75) is 55.4 Å². The Kier molecular flexibility index (Phi) is 5.60. The third kappa shape index (κ3) is 4.18. The first-order valence-corrected chi connectivity index (χ1v) is 11.5. The topological polar surface area (TPSA) is 64.6 Å². The molecular formula is C22H27NO4S. The van der Waals surface area contributed by atoms with Gasteiger partial charge in [-0.25, -0.2) is 13.1 Å². The van der Waals surface area contributed by atoms with Gasteiger partial charge in [0.05, 0.1) is 18.0 Å². The summed E-state index contributed by atoms with van der Waals surface area (Å²) in [6.07, 6.45) is 6.82. The van der Waals surface area contributed by atoms with Gasteiger partial charge in [0, 0.05) is 0 Å². The number of hydrogen-bond acceptors (Lipinski definition) is 4. The first-order chi connectivity index (χ1) is 13.5. The fraction of sp³-hybridized carbons (Fsp3) is 0.455. The molecule has 0 spiro atoms. The van der Waals surface area contributed by atoms with E-state index in [0.717, 1.165) is 17.1 Å². The second kappa shape index (κ2) is 8.13. The van der Waals surface area contributed by atoms with Gasteiger partial charge in [0.25, 0.3) is 0 Å². The molecule has 1 saturated carbocycles. The molecule has 1 heterocycles. The lowest BCUT2D eigenvalue weighted by Gasteiger charge is -2.26. The van der Waals surface area contributed by atoms with Gasteiger partial charge < -0.3 is 9.47 Å². The van der Waals surface area contributed by atoms with Crippen LogP contribution in [0, 0.1) is 0 Å². The molecule has 0 radical (unpaired) electrons. The highest BCUT2D eigenvalue weighted by molar-refractivity contribution is 7.89. The maximum absolute atomic E-state index is 12.8. The number of methoxy groups -OCH3 is 1. The van der Waals surface area contributed by atoms with Crippen molar-refractivity contribution < 1.29 is 17.9 Å². The van der Waals surface area contributed by atoms with E-state index < -0.39 is 10.0 Å². The van der Waals surface area contributed by atoms with Crippen LogP contribution >= 0.6 is 0 Å². The number of nitrogens with one attached hydrogen (secondary N) is 1. The summed E-state index contributed by atoms with van der Waals surface area (Å²) in [5.41, 5.74) is 2.20. The summed E-state index contributed by atoms with van der Waals surface area (Å²) < 4.78 is 39.4. The fourth-order valence-electron chi connectivity index (χ4n) is 4.22. The summed E-state index contributed by atoms with van der Waals surface area (Å²) in [5, 5.41) is 0. The van der Waals surface area contributed by atoms with Gasteiger partial charge in [0.2, 0.25) is 10.0 Å². The molecule has 2 aromatic rings. The van der Waals surface area contributed by atoms with Gasteiger partial charge in [0.1, 0.15) is 18.1 Å². The Hall–Kier alpha value is -2.05. The van der Waals surface area contributed by atoms with Crippen LogP contribution in [0.3, 0.4) is 0 Å². The summed E-state index contributed by atoms with van der Waals surface area (Å²) in [6.45, 7) is 0.318. The van der Waals surface area contributed by atoms with E-state index in [1.165, 1.54) is 37.7 Å². The summed E-state index contributed by atoms with van der Waals surface area (Å²) in [7, 11) is -1.97. The van der Waals surface area contributed by atoms with Crippen molar-refractivity contribution in [2.24, 2.45) is 0 Å². The van der Waals surface area contributed by atoms with Crippen LogP contribution in [-0.4, -0.2) is 28.2 Å². The lowest BCUT2D eigenvalue weighted by Crippen LogP contribution is -2.42. The number of ether oxygens (including phenoxy) is 2. The van der Waals surface area contributed by atoms with Crippen LogP contribution in [-0.2, 0) is 16.4 Å². The van der Waals surface area contributed by atoms with E-state index in [4.69, 9.17) is 9.47 Å². The molecule has 2 aliphatic rings. The van der Waals surface area contributed by atoms with Crippen molar-refractivity contribution in [1.82, 2.24) is 4.72 Å². The summed E-state index contributed by atoms with van der Waals surface area (Å²) >= 11 is 0. The van der Waals surface area contributed by atoms with Crippen LogP contribution in [0.25, 0.3) is 0 Å². The molecule has 1 fully saturated rings. The zero-order chi connectivity index (χ0) is 19.6. The average molecular weight is 402 g/mol. The Morgan fingerprint density at radius 3 is 2.50 bits per heavy atom. The molecule has 4 rings (SSSR count). The minimum Gasteiger partial charge on any atom is -0.497 e. The molecule has 1 N–H and O–H groups in total. The molecule has 0 aromatic heterocycles. The van der Waals surface area contributed by atoms with Crippen molar-refractivity contribution >= 4 is 10.0 Å². The molecule has 1 aliphatic heterocycles. The van der Waals surface area contributed by atoms with Gasteiger partial charge in [-0.05, 0) is 66.6 Å². The minimum absolute atomic E-state index is 0.303. The van der Waals surface area contributed by atoms with Crippen molar-refractivity contribution in [1.29, 1.82) is 0 Å². The molecule has 0 saturated heterocycles. The van der Waals surface area contributed by atoms with E-state index in [1.807, 2.05) is 30.3 Å². The molecule has 6 heteroatoms. The van der Waals surface area contributed by atoms with Crippen molar-refractivity contribution in [3.05, 3.63) is 53.6 Å². The highest BCUT2D eigenvalue weighted by Gasteiger charge is 2.26. The standard InChI is InChI=1S/C22H27NO4S/c1-26-20-9-12-22-18(14-20)13-19(15-27-22)23-28(24,25)21-10-7-17(8-11-21)16-5-3-2-4-6-16/h7-12,14,16,19,23H,2-6,13,15H2,1H3/t19-/m1/s1. The second-order valence-electron chi connectivity index (χ2n) is 7.71. The van der Waals surface area contributed by atoms with E-state index in [-0.39, 0.29) is 6.04 Å². The normalized spacial score (nSPS) is 20.2. The number of fused-ring (bicyclic) bond motifs is 1. The molecule has 0 bridgehead atoms. The van der Waals surface area contributed by atoms with Crippen molar-refractivity contribution in [3.63, 3.8) is 0 Å². The van der Waals surface area contributed by atoms with Gasteiger partial charge in [-0.2, -0.15) is 0 Å². The predicted molar refractivity (Wildman–Crippen MR) is 109 cm³/mol. The Labute approximate surface area is 167 Å². The largest absolute Gasteiger partial charge is 0.497 e. The molecule has 1 aliphatic carbocycles. The minimum atomic E-state index is -3.59. The van der Waals surface area contributed by atoms with E-state index in [2.05, 4.69) is 4.72 Å². The third-order valence-electron chi connectivity index (χ3n) is 5.76. The number of rotatable bonds is 5. The van der Waals surface area contributed by atoms with Crippen LogP contribution in [0.2, 0.25) is 0 Å². The molecule has 0 amide bonds. The fourth-order valence-corrected chi connectivity index (χ4v) is 5.44. The van der Waals surface area contributed by atoms with Gasteiger partial charge in [0.15, 0.2) is 0 Å². The summed E-state index contributed by atoms with van der Waals surface area (Å²) in [4.78, 5) is 0.309. The third-order valence-corrected chi connectivity index (χ3v) is 7.30. The summed E-state index contributed by atoms with van der Waals surface area (Å²) in [6, 6.07) is 12.7. The quantitative estimate of drug-likeness (QED) is 0.822. The van der Waals surface area contributed by atoms with E-state index >= 15 is 0 Å². The SMILES string of the molecule is COc1ccc2c(c1)C[C@@H](NS(=O)(=O)c1ccc(C3CCCCC3)cc1)CO2. The molecule has 0 unspecified atom stereocenters. The summed E-state index contributed by atoms with van der Waals surface area (Å²) in [5.74, 6) is 2.09. The maximum Gasteiger partial charge on any atom is 0.240 e. The number of hydrogen-bond donors (Lipinski definition) is 1. The average Bonchev–Trinajstić information content (AvgIpc) is 2.73. The Morgan fingerprint density at radius 1 is 1.04 bits per heavy atom. The highest BCUT2D eigenvalue weighted by atomic mass is 32.2. The highest BCUT2D eigenvalue weighted by Crippen LogP contribution is 2.33. The van der Waals surface area contributed by atoms with Gasteiger partial charge in [-0.1, -0.05) is 31.4 Å². The molecule has 2 aromatic carbocycles. The second-order valence-corrected chi connectivity index (χ2v) is 9.42. The molecule has 150 valence electrons. The van der Waals surface area contributed by atoms with Gasteiger partial charge in [-0.3, -0.25) is 0 Å². The Balaban J connectivity index is 1.45. The first-order valence-electron chi connectivity index (χ1n) is 9.97. The van der Waals surface area contributed by atoms with E-state index in [1.54, 1.807) is 19.2 Å². The van der Waals surface area contributed by atoms with Gasteiger partial charge >= 0.3 is 0 Å².